The first-order valence-electron chi connectivity index (χ1n) is 15.0. The maximum Gasteiger partial charge on any atom is 0.351 e. The number of ketones is 1. The van der Waals surface area contributed by atoms with E-state index in [1.807, 2.05) is 13.8 Å². The Bertz CT molecular complexity index is 1300. The number of rotatable bonds is 11. The van der Waals surface area contributed by atoms with E-state index < -0.39 is 62.0 Å². The summed E-state index contributed by atoms with van der Waals surface area (Å²) in [6, 6.07) is 6.06. The lowest BCUT2D eigenvalue weighted by atomic mass is 9.89. The Morgan fingerprint density at radius 3 is 2.38 bits per heavy atom. The van der Waals surface area contributed by atoms with E-state index in [2.05, 4.69) is 20.8 Å². The van der Waals surface area contributed by atoms with E-state index in [4.69, 9.17) is 32.5 Å². The lowest BCUT2D eigenvalue weighted by Gasteiger charge is -2.52. The van der Waals surface area contributed by atoms with Crippen LogP contribution in [0.3, 0.4) is 0 Å². The van der Waals surface area contributed by atoms with E-state index >= 15 is 0 Å². The van der Waals surface area contributed by atoms with Crippen LogP contribution >= 0.6 is 0 Å². The van der Waals surface area contributed by atoms with Crippen LogP contribution in [0.15, 0.2) is 21.3 Å². The highest BCUT2D eigenvalue weighted by molar-refractivity contribution is 6.73. The fraction of sp³-hybridized carbons (Fsp3) is 0.677. The van der Waals surface area contributed by atoms with E-state index in [1.54, 1.807) is 26.2 Å². The number of hydrogen-bond donors (Lipinski definition) is 1. The smallest absolute Gasteiger partial charge is 0.351 e. The van der Waals surface area contributed by atoms with Gasteiger partial charge in [0, 0.05) is 19.3 Å². The molecule has 2 aliphatic heterocycles. The highest BCUT2D eigenvalue weighted by Crippen LogP contribution is 2.41. The van der Waals surface area contributed by atoms with Crippen molar-refractivity contribution in [2.24, 2.45) is 0 Å². The van der Waals surface area contributed by atoms with Crippen LogP contribution in [0.5, 0.6) is 11.5 Å². The summed E-state index contributed by atoms with van der Waals surface area (Å²) in [5.74, 6) is -0.613. The third-order valence-electron chi connectivity index (χ3n) is 8.86. The number of methoxy groups -OCH3 is 1. The SMILES string of the molecule is CC[Si](CC)(CC)O[C@@H]1[C@@H](OC2CCCCO2)[C@H](Oc2ccc3c(O)c(C(C)=O)c(=O)oc3c2C)OC(C)(C)[C@@H]1OC. The molecular formula is C31H46O10Si. The van der Waals surface area contributed by atoms with Crippen molar-refractivity contribution in [3.05, 3.63) is 33.7 Å². The van der Waals surface area contributed by atoms with Gasteiger partial charge in [-0.25, -0.2) is 4.79 Å². The van der Waals surface area contributed by atoms with Crippen LogP contribution in [0.25, 0.3) is 11.0 Å². The number of ether oxygens (including phenoxy) is 5. The molecule has 1 aromatic carbocycles. The van der Waals surface area contributed by atoms with E-state index in [-0.39, 0.29) is 16.5 Å². The van der Waals surface area contributed by atoms with Crippen molar-refractivity contribution in [3.8, 4) is 11.5 Å². The third kappa shape index (κ3) is 6.32. The van der Waals surface area contributed by atoms with Crippen LogP contribution in [0.4, 0.5) is 0 Å². The monoisotopic (exact) mass is 606 g/mol. The molecule has 2 aromatic rings. The molecule has 1 aromatic heterocycles. The molecule has 0 bridgehead atoms. The van der Waals surface area contributed by atoms with Gasteiger partial charge in [0.25, 0.3) is 0 Å². The molecule has 3 heterocycles. The average molecular weight is 607 g/mol. The summed E-state index contributed by atoms with van der Waals surface area (Å²) in [7, 11) is -0.488. The van der Waals surface area contributed by atoms with Crippen molar-refractivity contribution >= 4 is 25.1 Å². The highest BCUT2D eigenvalue weighted by Gasteiger charge is 2.55. The maximum atomic E-state index is 12.6. The van der Waals surface area contributed by atoms with Crippen molar-refractivity contribution in [2.45, 2.75) is 122 Å². The number of carbonyl (C=O) groups is 1. The lowest BCUT2D eigenvalue weighted by molar-refractivity contribution is -0.336. The molecule has 0 radical (unpaired) electrons. The van der Waals surface area contributed by atoms with Crippen LogP contribution in [0, 0.1) is 6.92 Å². The Balaban J connectivity index is 1.79. The van der Waals surface area contributed by atoms with Gasteiger partial charge in [-0.05, 0) is 77.2 Å². The van der Waals surface area contributed by atoms with Gasteiger partial charge in [0.2, 0.25) is 6.29 Å². The van der Waals surface area contributed by atoms with Crippen molar-refractivity contribution in [1.82, 2.24) is 0 Å². The second-order valence-electron chi connectivity index (χ2n) is 11.8. The van der Waals surface area contributed by atoms with Crippen LogP contribution < -0.4 is 10.4 Å². The summed E-state index contributed by atoms with van der Waals surface area (Å²) in [4.78, 5) is 24.5. The van der Waals surface area contributed by atoms with Crippen molar-refractivity contribution in [3.63, 3.8) is 0 Å². The van der Waals surface area contributed by atoms with Gasteiger partial charge in [0.1, 0.15) is 34.9 Å². The Labute approximate surface area is 248 Å². The van der Waals surface area contributed by atoms with Gasteiger partial charge in [-0.1, -0.05) is 20.8 Å². The number of benzene rings is 1. The summed E-state index contributed by atoms with van der Waals surface area (Å²) in [5.41, 5.74) is -1.50. The molecule has 2 aliphatic rings. The second kappa shape index (κ2) is 13.2. The first-order chi connectivity index (χ1) is 19.9. The molecule has 11 heteroatoms. The molecule has 1 N–H and O–H groups in total. The Morgan fingerprint density at radius 1 is 1.12 bits per heavy atom. The molecule has 1 unspecified atom stereocenters. The first kappa shape index (κ1) is 32.6. The van der Waals surface area contributed by atoms with Crippen LogP contribution in [0.2, 0.25) is 18.1 Å². The minimum absolute atomic E-state index is 0.125. The molecule has 2 saturated heterocycles. The van der Waals surface area contributed by atoms with Crippen molar-refractivity contribution in [1.29, 1.82) is 0 Å². The minimum atomic E-state index is -2.15. The molecule has 10 nitrogen and oxygen atoms in total. The zero-order valence-electron chi connectivity index (χ0n) is 26.1. The highest BCUT2D eigenvalue weighted by atomic mass is 28.4. The molecule has 0 spiro atoms. The third-order valence-corrected chi connectivity index (χ3v) is 13.5. The zero-order chi connectivity index (χ0) is 30.8. The number of aryl methyl sites for hydroxylation is 1. The van der Waals surface area contributed by atoms with Gasteiger partial charge >= 0.3 is 5.63 Å². The van der Waals surface area contributed by atoms with Crippen molar-refractivity contribution < 1.29 is 42.4 Å². The number of Topliss-reactive ketones (excluding diaryl/α,β-unsaturated/α-hetero) is 1. The van der Waals surface area contributed by atoms with Crippen LogP contribution in [0.1, 0.15) is 76.7 Å². The molecule has 2 fully saturated rings. The summed E-state index contributed by atoms with van der Waals surface area (Å²) < 4.78 is 44.4. The normalized spacial score (nSPS) is 26.3. The van der Waals surface area contributed by atoms with E-state index in [9.17, 15) is 14.7 Å². The van der Waals surface area contributed by atoms with Gasteiger partial charge in [-0.3, -0.25) is 4.79 Å². The Morgan fingerprint density at radius 2 is 1.81 bits per heavy atom. The van der Waals surface area contributed by atoms with Crippen LogP contribution in [-0.2, 0) is 23.4 Å². The van der Waals surface area contributed by atoms with E-state index in [0.29, 0.717) is 17.9 Å². The summed E-state index contributed by atoms with van der Waals surface area (Å²) in [6.07, 6.45) is -0.298. The van der Waals surface area contributed by atoms with Gasteiger partial charge < -0.3 is 37.6 Å². The molecule has 42 heavy (non-hydrogen) atoms. The van der Waals surface area contributed by atoms with Gasteiger partial charge in [-0.2, -0.15) is 0 Å². The maximum absolute atomic E-state index is 12.6. The summed E-state index contributed by atoms with van der Waals surface area (Å²) >= 11 is 0. The largest absolute Gasteiger partial charge is 0.506 e. The summed E-state index contributed by atoms with van der Waals surface area (Å²) in [6.45, 7) is 14.0. The van der Waals surface area contributed by atoms with Gasteiger partial charge in [0.05, 0.1) is 11.0 Å². The van der Waals surface area contributed by atoms with E-state index in [0.717, 1.165) is 37.4 Å². The molecule has 5 atom stereocenters. The van der Waals surface area contributed by atoms with Gasteiger partial charge in [-0.15, -0.1) is 0 Å². The quantitative estimate of drug-likeness (QED) is 0.190. The number of fused-ring (bicyclic) bond motifs is 1. The second-order valence-corrected chi connectivity index (χ2v) is 16.5. The molecular weight excluding hydrogens is 560 g/mol. The average Bonchev–Trinajstić information content (AvgIpc) is 2.95. The number of aromatic hydroxyl groups is 1. The predicted octanol–water partition coefficient (Wildman–Crippen LogP) is 5.84. The molecule has 0 saturated carbocycles. The summed E-state index contributed by atoms with van der Waals surface area (Å²) in [5, 5.41) is 10.9. The fourth-order valence-electron chi connectivity index (χ4n) is 6.15. The number of hydrogen-bond acceptors (Lipinski definition) is 10. The number of carbonyl (C=O) groups excluding carboxylic acids is 1. The van der Waals surface area contributed by atoms with Crippen molar-refractivity contribution in [2.75, 3.05) is 13.7 Å². The predicted molar refractivity (Wildman–Crippen MR) is 160 cm³/mol. The molecule has 4 rings (SSSR count). The lowest BCUT2D eigenvalue weighted by Crippen LogP contribution is -2.67. The standard InChI is InChI=1S/C31H46O10Si/c1-9-42(10-2,11-3)41-26-27(38-22-14-12-13-17-36-22)30(40-31(6,7)28(26)35-8)37-21-16-15-20-24(33)23(19(5)32)29(34)39-25(20)18(21)4/h15-16,22,26-28,30,33H,9-14,17H2,1-8H3/t22?,26-,27-,28-,30-/m1/s1. The Hall–Kier alpha value is -2.28. The fourth-order valence-corrected chi connectivity index (χ4v) is 8.98. The molecule has 0 amide bonds. The topological polar surface area (TPSA) is 123 Å². The molecule has 0 aliphatic carbocycles. The van der Waals surface area contributed by atoms with Crippen LogP contribution in [-0.4, -0.2) is 69.4 Å². The Kier molecular flexibility index (Phi) is 10.2. The molecule has 234 valence electrons. The van der Waals surface area contributed by atoms with E-state index in [1.165, 1.54) is 6.92 Å². The first-order valence-corrected chi connectivity index (χ1v) is 17.6. The van der Waals surface area contributed by atoms with Gasteiger partial charge in [0.15, 0.2) is 26.5 Å². The zero-order valence-corrected chi connectivity index (χ0v) is 27.1. The minimum Gasteiger partial charge on any atom is -0.506 e.